The number of thiazole rings is 1. The van der Waals surface area contributed by atoms with Crippen LogP contribution in [0.3, 0.4) is 0 Å². The summed E-state index contributed by atoms with van der Waals surface area (Å²) >= 11 is 4.27. The zero-order chi connectivity index (χ0) is 13.8. The van der Waals surface area contributed by atoms with Gasteiger partial charge in [-0.05, 0) is 22.9 Å². The molecule has 3 nitrogen and oxygen atoms in total. The molecule has 0 bridgehead atoms. The average molecular weight is 363 g/mol. The first-order chi connectivity index (χ1) is 8.39. The monoisotopic (exact) mass is 362 g/mol. The van der Waals surface area contributed by atoms with Crippen LogP contribution in [0.25, 0.3) is 0 Å². The van der Waals surface area contributed by atoms with Crippen molar-refractivity contribution in [1.82, 2.24) is 4.98 Å². The molecule has 0 aliphatic rings. The van der Waals surface area contributed by atoms with Crippen molar-refractivity contribution in [3.8, 4) is 0 Å². The highest BCUT2D eigenvalue weighted by atomic mass is 79.9. The molecular weight excluding hydrogens is 353 g/mol. The van der Waals surface area contributed by atoms with Gasteiger partial charge in [0.25, 0.3) is 0 Å². The minimum atomic E-state index is -2.93. The van der Waals surface area contributed by atoms with Crippen LogP contribution in [0.5, 0.6) is 0 Å². The number of allylic oxidation sites excluding steroid dienone is 1. The molecule has 0 aromatic carbocycles. The van der Waals surface area contributed by atoms with Crippen molar-refractivity contribution in [3.05, 3.63) is 21.9 Å². The van der Waals surface area contributed by atoms with Crippen molar-refractivity contribution < 1.29 is 17.4 Å². The largest absolute Gasteiger partial charge is 0.301 e. The van der Waals surface area contributed by atoms with Crippen LogP contribution in [0, 0.1) is 0 Å². The molecule has 1 aromatic heterocycles. The standard InChI is InChI=1S/C9H10BrF3N2OS2/c1-2-15-18(16,4-3-6(11)8(12)13)9-14-5-7(10)17-9/h5H,2-4H2,1H3. The fraction of sp³-hybridized carbons (Fsp3) is 0.444. The molecule has 102 valence electrons. The number of hydrogen-bond donors (Lipinski definition) is 0. The fourth-order valence-electron chi connectivity index (χ4n) is 1.13. The molecule has 0 spiro atoms. The topological polar surface area (TPSA) is 42.3 Å². The molecule has 0 N–H and O–H groups in total. The Morgan fingerprint density at radius 2 is 2.22 bits per heavy atom. The SMILES string of the molecule is CCN=S(=O)(CCC(F)=C(F)F)c1ncc(Br)s1. The second-order valence-electron chi connectivity index (χ2n) is 3.14. The first-order valence-electron chi connectivity index (χ1n) is 4.90. The minimum absolute atomic E-state index is 0.225. The molecule has 0 saturated heterocycles. The number of halogens is 4. The Morgan fingerprint density at radius 3 is 2.67 bits per heavy atom. The summed E-state index contributed by atoms with van der Waals surface area (Å²) in [4.78, 5) is 3.91. The predicted molar refractivity (Wildman–Crippen MR) is 69.0 cm³/mol. The van der Waals surface area contributed by atoms with Crippen molar-refractivity contribution in [1.29, 1.82) is 0 Å². The summed E-state index contributed by atoms with van der Waals surface area (Å²) in [6.07, 6.45) is -1.54. The van der Waals surface area contributed by atoms with Gasteiger partial charge in [-0.3, -0.25) is 0 Å². The Labute approximate surface area is 115 Å². The lowest BCUT2D eigenvalue weighted by atomic mass is 10.4. The Kier molecular flexibility index (Phi) is 5.80. The van der Waals surface area contributed by atoms with E-state index in [9.17, 15) is 17.4 Å². The lowest BCUT2D eigenvalue weighted by Gasteiger charge is -2.05. The number of nitrogens with zero attached hydrogens (tertiary/aromatic N) is 2. The lowest BCUT2D eigenvalue weighted by molar-refractivity contribution is 0.373. The van der Waals surface area contributed by atoms with Gasteiger partial charge in [-0.2, -0.15) is 8.78 Å². The zero-order valence-corrected chi connectivity index (χ0v) is 12.5. The maximum absolute atomic E-state index is 12.8. The summed E-state index contributed by atoms with van der Waals surface area (Å²) in [5, 5.41) is 0. The maximum atomic E-state index is 12.8. The first-order valence-corrected chi connectivity index (χ1v) is 8.20. The molecule has 0 fully saturated rings. The summed E-state index contributed by atoms with van der Waals surface area (Å²) in [5.74, 6) is -1.85. The van der Waals surface area contributed by atoms with E-state index in [1.165, 1.54) is 6.20 Å². The molecule has 1 aromatic rings. The second-order valence-corrected chi connectivity index (χ2v) is 8.14. The van der Waals surface area contributed by atoms with Crippen LogP contribution in [0.4, 0.5) is 13.2 Å². The molecular formula is C9H10BrF3N2OS2. The van der Waals surface area contributed by atoms with E-state index in [-0.39, 0.29) is 16.6 Å². The number of rotatable bonds is 5. The van der Waals surface area contributed by atoms with Gasteiger partial charge in [0.15, 0.2) is 10.2 Å². The van der Waals surface area contributed by atoms with Crippen LogP contribution in [0.1, 0.15) is 13.3 Å². The van der Waals surface area contributed by atoms with Crippen LogP contribution < -0.4 is 0 Å². The quantitative estimate of drug-likeness (QED) is 0.786. The summed E-state index contributed by atoms with van der Waals surface area (Å²) in [6.45, 7) is 1.92. The van der Waals surface area contributed by atoms with Crippen molar-refractivity contribution in [2.24, 2.45) is 4.36 Å². The third-order valence-corrected chi connectivity index (χ3v) is 6.26. The maximum Gasteiger partial charge on any atom is 0.301 e. The first kappa shape index (κ1) is 15.6. The van der Waals surface area contributed by atoms with Crippen LogP contribution in [0.2, 0.25) is 0 Å². The summed E-state index contributed by atoms with van der Waals surface area (Å²) in [7, 11) is -2.93. The van der Waals surface area contributed by atoms with Crippen LogP contribution >= 0.6 is 27.3 Å². The van der Waals surface area contributed by atoms with Crippen LogP contribution in [-0.4, -0.2) is 21.5 Å². The van der Waals surface area contributed by atoms with E-state index in [0.717, 1.165) is 11.3 Å². The molecule has 9 heteroatoms. The number of hydrogen-bond acceptors (Lipinski definition) is 4. The molecule has 0 aliphatic heterocycles. The van der Waals surface area contributed by atoms with Gasteiger partial charge < -0.3 is 0 Å². The Balaban J connectivity index is 3.01. The van der Waals surface area contributed by atoms with Crippen LogP contribution in [0.15, 0.2) is 30.6 Å². The highest BCUT2D eigenvalue weighted by molar-refractivity contribution is 9.11. The Hall–Kier alpha value is -0.410. The van der Waals surface area contributed by atoms with Gasteiger partial charge in [-0.1, -0.05) is 11.3 Å². The molecule has 1 heterocycles. The van der Waals surface area contributed by atoms with E-state index in [1.807, 2.05) is 0 Å². The molecule has 18 heavy (non-hydrogen) atoms. The van der Waals surface area contributed by atoms with Gasteiger partial charge in [0.2, 0.25) is 0 Å². The van der Waals surface area contributed by atoms with Gasteiger partial charge in [0, 0.05) is 18.7 Å². The average Bonchev–Trinajstić information content (AvgIpc) is 2.73. The zero-order valence-electron chi connectivity index (χ0n) is 9.33. The minimum Gasteiger partial charge on any atom is -0.242 e. The number of aromatic nitrogens is 1. The van der Waals surface area contributed by atoms with Gasteiger partial charge in [0.05, 0.1) is 9.98 Å². The van der Waals surface area contributed by atoms with Gasteiger partial charge in [-0.15, -0.1) is 0 Å². The van der Waals surface area contributed by atoms with E-state index in [4.69, 9.17) is 0 Å². The highest BCUT2D eigenvalue weighted by Crippen LogP contribution is 2.27. The summed E-state index contributed by atoms with van der Waals surface area (Å²) < 4.78 is 53.9. The van der Waals surface area contributed by atoms with Crippen molar-refractivity contribution >= 4 is 37.0 Å². The molecule has 1 unspecified atom stereocenters. The summed E-state index contributed by atoms with van der Waals surface area (Å²) in [6, 6.07) is 0. The van der Waals surface area contributed by atoms with E-state index < -0.39 is 28.1 Å². The fourth-order valence-corrected chi connectivity index (χ4v) is 5.09. The summed E-state index contributed by atoms with van der Waals surface area (Å²) in [5.41, 5.74) is 0. The Bertz CT molecular complexity index is 560. The van der Waals surface area contributed by atoms with Crippen molar-refractivity contribution in [2.45, 2.75) is 17.7 Å². The molecule has 0 radical (unpaired) electrons. The van der Waals surface area contributed by atoms with Gasteiger partial charge in [0.1, 0.15) is 9.73 Å². The molecule has 0 saturated carbocycles. The molecule has 1 atom stereocenters. The highest BCUT2D eigenvalue weighted by Gasteiger charge is 2.18. The lowest BCUT2D eigenvalue weighted by Crippen LogP contribution is -2.07. The molecule has 0 amide bonds. The van der Waals surface area contributed by atoms with Crippen LogP contribution in [-0.2, 0) is 9.73 Å². The van der Waals surface area contributed by atoms with E-state index in [2.05, 4.69) is 25.3 Å². The molecule has 0 aliphatic carbocycles. The third kappa shape index (κ3) is 4.06. The Morgan fingerprint density at radius 1 is 1.56 bits per heavy atom. The van der Waals surface area contributed by atoms with Gasteiger partial charge >= 0.3 is 6.08 Å². The van der Waals surface area contributed by atoms with Gasteiger partial charge in [-0.25, -0.2) is 17.9 Å². The smallest absolute Gasteiger partial charge is 0.242 e. The van der Waals surface area contributed by atoms with Crippen molar-refractivity contribution in [3.63, 3.8) is 0 Å². The third-order valence-electron chi connectivity index (χ3n) is 1.87. The van der Waals surface area contributed by atoms with E-state index in [0.29, 0.717) is 3.79 Å². The van der Waals surface area contributed by atoms with Crippen molar-refractivity contribution in [2.75, 3.05) is 12.3 Å². The van der Waals surface area contributed by atoms with E-state index in [1.54, 1.807) is 6.92 Å². The normalized spacial score (nSPS) is 14.1. The second kappa shape index (κ2) is 6.67. The molecule has 1 rings (SSSR count). The predicted octanol–water partition coefficient (Wildman–Crippen LogP) is 4.22. The van der Waals surface area contributed by atoms with E-state index >= 15 is 0 Å².